The lowest BCUT2D eigenvalue weighted by Gasteiger charge is -2.51. The second-order valence-corrected chi connectivity index (χ2v) is 9.65. The van der Waals surface area contributed by atoms with Crippen LogP contribution < -0.4 is 10.6 Å². The van der Waals surface area contributed by atoms with Gasteiger partial charge in [0.05, 0.1) is 12.7 Å². The van der Waals surface area contributed by atoms with Gasteiger partial charge in [-0.25, -0.2) is 4.79 Å². The van der Waals surface area contributed by atoms with Crippen LogP contribution >= 0.6 is 11.6 Å². The maximum Gasteiger partial charge on any atom is 0.406 e. The van der Waals surface area contributed by atoms with Crippen LogP contribution in [0, 0.1) is 11.3 Å². The molecule has 0 aliphatic carbocycles. The van der Waals surface area contributed by atoms with Crippen molar-refractivity contribution in [3.63, 3.8) is 0 Å². The first kappa shape index (κ1) is 25.9. The third kappa shape index (κ3) is 5.92. The molecule has 1 aliphatic heterocycles. The highest BCUT2D eigenvalue weighted by molar-refractivity contribution is 6.30. The van der Waals surface area contributed by atoms with Crippen molar-refractivity contribution < 1.29 is 24.2 Å². The number of hydrogen-bond donors (Lipinski definition) is 3. The molecule has 1 aromatic rings. The van der Waals surface area contributed by atoms with Crippen LogP contribution in [0.5, 0.6) is 0 Å². The number of piperidine rings is 1. The third-order valence-corrected chi connectivity index (χ3v) is 6.39. The molecule has 8 nitrogen and oxygen atoms in total. The molecule has 2 atom stereocenters. The van der Waals surface area contributed by atoms with E-state index in [0.717, 1.165) is 5.56 Å². The monoisotopic (exact) mass is 467 g/mol. The number of nitrogens with one attached hydrogen (secondary N) is 2. The van der Waals surface area contributed by atoms with Crippen LogP contribution in [0.15, 0.2) is 24.3 Å². The summed E-state index contributed by atoms with van der Waals surface area (Å²) in [7, 11) is 1.25. The Bertz CT molecular complexity index is 827. The summed E-state index contributed by atoms with van der Waals surface area (Å²) in [6.07, 6.45) is -0.208. The van der Waals surface area contributed by atoms with Gasteiger partial charge in [-0.15, -0.1) is 0 Å². The zero-order valence-electron chi connectivity index (χ0n) is 19.4. The minimum Gasteiger partial charge on any atom is -0.453 e. The summed E-state index contributed by atoms with van der Waals surface area (Å²) in [6, 6.07) is 6.45. The predicted octanol–water partition coefficient (Wildman–Crippen LogP) is 2.67. The van der Waals surface area contributed by atoms with E-state index in [1.54, 1.807) is 17.0 Å². The minimum atomic E-state index is -1.11. The van der Waals surface area contributed by atoms with Crippen molar-refractivity contribution in [1.29, 1.82) is 0 Å². The highest BCUT2D eigenvalue weighted by Gasteiger charge is 2.50. The molecular weight excluding hydrogens is 434 g/mol. The summed E-state index contributed by atoms with van der Waals surface area (Å²) >= 11 is 6.00. The number of aliphatic hydroxyl groups is 1. The van der Waals surface area contributed by atoms with Gasteiger partial charge in [0.15, 0.2) is 0 Å². The first-order valence-electron chi connectivity index (χ1n) is 10.8. The van der Waals surface area contributed by atoms with Crippen molar-refractivity contribution in [1.82, 2.24) is 15.5 Å². The Hall–Kier alpha value is -2.32. The Morgan fingerprint density at radius 1 is 1.22 bits per heavy atom. The molecule has 178 valence electrons. The van der Waals surface area contributed by atoms with E-state index >= 15 is 0 Å². The predicted molar refractivity (Wildman–Crippen MR) is 122 cm³/mol. The van der Waals surface area contributed by atoms with Crippen molar-refractivity contribution in [2.24, 2.45) is 11.3 Å². The van der Waals surface area contributed by atoms with Crippen molar-refractivity contribution in [3.8, 4) is 0 Å². The van der Waals surface area contributed by atoms with Crippen LogP contribution in [0.3, 0.4) is 0 Å². The Morgan fingerprint density at radius 3 is 2.38 bits per heavy atom. The maximum absolute atomic E-state index is 13.3. The SMILES string of the molecule is COC(=O)NCCC(=O)N[C@@H](C(=O)N1CC[C@](O)(c2ccc(Cl)cc2)C(C)(C)C1)C(C)C. The van der Waals surface area contributed by atoms with Crippen LogP contribution in [0.1, 0.15) is 46.1 Å². The van der Waals surface area contributed by atoms with Crippen molar-refractivity contribution in [2.75, 3.05) is 26.7 Å². The number of amides is 3. The molecule has 0 aromatic heterocycles. The van der Waals surface area contributed by atoms with Gasteiger partial charge in [-0.2, -0.15) is 0 Å². The smallest absolute Gasteiger partial charge is 0.406 e. The van der Waals surface area contributed by atoms with Gasteiger partial charge in [0.1, 0.15) is 6.04 Å². The first-order chi connectivity index (χ1) is 14.9. The number of halogens is 1. The molecule has 0 spiro atoms. The fourth-order valence-corrected chi connectivity index (χ4v) is 4.20. The lowest BCUT2D eigenvalue weighted by Crippen LogP contribution is -2.60. The maximum atomic E-state index is 13.3. The van der Waals surface area contributed by atoms with Gasteiger partial charge in [0.25, 0.3) is 0 Å². The summed E-state index contributed by atoms with van der Waals surface area (Å²) in [5.74, 6) is -0.636. The van der Waals surface area contributed by atoms with Gasteiger partial charge in [0, 0.05) is 36.5 Å². The molecular formula is C23H34ClN3O5. The number of rotatable bonds is 7. The highest BCUT2D eigenvalue weighted by atomic mass is 35.5. The molecule has 1 fully saturated rings. The van der Waals surface area contributed by atoms with Crippen LogP contribution in [0.2, 0.25) is 5.02 Å². The summed E-state index contributed by atoms with van der Waals surface area (Å²) in [5, 5.41) is 17.4. The molecule has 3 amide bonds. The van der Waals surface area contributed by atoms with Gasteiger partial charge in [-0.05, 0) is 30.0 Å². The van der Waals surface area contributed by atoms with Crippen molar-refractivity contribution in [2.45, 2.75) is 52.2 Å². The van der Waals surface area contributed by atoms with Crippen LogP contribution in [0.25, 0.3) is 0 Å². The van der Waals surface area contributed by atoms with E-state index in [1.807, 2.05) is 39.8 Å². The number of carbonyl (C=O) groups excluding carboxylic acids is 3. The van der Waals surface area contributed by atoms with Gasteiger partial charge in [-0.1, -0.05) is 51.4 Å². The number of hydrogen-bond acceptors (Lipinski definition) is 5. The van der Waals surface area contributed by atoms with Crippen molar-refractivity contribution >= 4 is 29.5 Å². The summed E-state index contributed by atoms with van der Waals surface area (Å²) in [4.78, 5) is 38.5. The first-order valence-corrected chi connectivity index (χ1v) is 11.2. The normalized spacial score (nSPS) is 21.1. The van der Waals surface area contributed by atoms with Crippen LogP contribution in [-0.2, 0) is 19.9 Å². The topological polar surface area (TPSA) is 108 Å². The van der Waals surface area contributed by atoms with E-state index in [4.69, 9.17) is 11.6 Å². The van der Waals surface area contributed by atoms with Gasteiger partial charge in [0.2, 0.25) is 11.8 Å². The Kier molecular flexibility index (Phi) is 8.54. The van der Waals surface area contributed by atoms with Gasteiger partial charge < -0.3 is 25.4 Å². The number of methoxy groups -OCH3 is 1. The largest absolute Gasteiger partial charge is 0.453 e. The molecule has 3 N–H and O–H groups in total. The molecule has 1 aromatic carbocycles. The van der Waals surface area contributed by atoms with E-state index in [1.165, 1.54) is 7.11 Å². The van der Waals surface area contributed by atoms with Gasteiger partial charge >= 0.3 is 6.09 Å². The van der Waals surface area contributed by atoms with E-state index < -0.39 is 23.2 Å². The highest BCUT2D eigenvalue weighted by Crippen LogP contribution is 2.46. The fraction of sp³-hybridized carbons (Fsp3) is 0.609. The Balaban J connectivity index is 2.07. The zero-order valence-corrected chi connectivity index (χ0v) is 20.2. The number of benzene rings is 1. The average Bonchev–Trinajstić information content (AvgIpc) is 2.73. The standard InChI is InChI=1S/C23H34ClN3O5/c1-15(2)19(26-18(28)10-12-25-21(30)32-5)20(29)27-13-11-23(31,22(3,4)14-27)16-6-8-17(24)9-7-16/h6-9,15,19,31H,10-14H2,1-5H3,(H,25,30)(H,26,28)/t19-,23+/m1/s1. The molecule has 0 bridgehead atoms. The number of alkyl carbamates (subject to hydrolysis) is 1. The van der Waals surface area contributed by atoms with Gasteiger partial charge in [-0.3, -0.25) is 9.59 Å². The molecule has 0 saturated carbocycles. The summed E-state index contributed by atoms with van der Waals surface area (Å²) in [6.45, 7) is 8.43. The molecule has 0 radical (unpaired) electrons. The van der Waals surface area contributed by atoms with E-state index in [9.17, 15) is 19.5 Å². The van der Waals surface area contributed by atoms with Crippen LogP contribution in [-0.4, -0.2) is 60.7 Å². The lowest BCUT2D eigenvalue weighted by molar-refractivity contribution is -0.156. The summed E-state index contributed by atoms with van der Waals surface area (Å²) < 4.78 is 4.47. The molecule has 1 saturated heterocycles. The van der Waals surface area contributed by atoms with E-state index in [0.29, 0.717) is 24.5 Å². The second kappa shape index (κ2) is 10.5. The quantitative estimate of drug-likeness (QED) is 0.571. The number of carbonyl (C=O) groups is 3. The zero-order chi connectivity index (χ0) is 24.1. The lowest BCUT2D eigenvalue weighted by atomic mass is 9.66. The minimum absolute atomic E-state index is 0.0351. The Morgan fingerprint density at radius 2 is 1.84 bits per heavy atom. The third-order valence-electron chi connectivity index (χ3n) is 6.14. The number of nitrogens with zero attached hydrogens (tertiary/aromatic N) is 1. The molecule has 32 heavy (non-hydrogen) atoms. The average molecular weight is 468 g/mol. The molecule has 2 rings (SSSR count). The van der Waals surface area contributed by atoms with Crippen LogP contribution in [0.4, 0.5) is 4.79 Å². The number of likely N-dealkylation sites (tertiary alicyclic amines) is 1. The summed E-state index contributed by atoms with van der Waals surface area (Å²) in [5.41, 5.74) is -0.958. The molecule has 0 unspecified atom stereocenters. The number of ether oxygens (including phenoxy) is 1. The second-order valence-electron chi connectivity index (χ2n) is 9.22. The van der Waals surface area contributed by atoms with Crippen molar-refractivity contribution in [3.05, 3.63) is 34.9 Å². The molecule has 1 aliphatic rings. The molecule has 1 heterocycles. The molecule has 9 heteroatoms. The van der Waals surface area contributed by atoms with E-state index in [-0.39, 0.29) is 30.7 Å². The van der Waals surface area contributed by atoms with E-state index in [2.05, 4.69) is 15.4 Å². The Labute approximate surface area is 194 Å². The fourth-order valence-electron chi connectivity index (χ4n) is 4.08.